The third kappa shape index (κ3) is 3.84. The second-order valence-electron chi connectivity index (χ2n) is 6.89. The first-order valence-electron chi connectivity index (χ1n) is 8.57. The maximum atomic E-state index is 12.0. The number of nitrogens with one attached hydrogen (secondary N) is 1. The van der Waals surface area contributed by atoms with Crippen LogP contribution in [0.4, 0.5) is 0 Å². The fourth-order valence-corrected chi connectivity index (χ4v) is 2.66. The van der Waals surface area contributed by atoms with Gasteiger partial charge in [-0.1, -0.05) is 45.9 Å². The topological polar surface area (TPSA) is 76.5 Å². The zero-order valence-electron chi connectivity index (χ0n) is 15.0. The van der Waals surface area contributed by atoms with Crippen LogP contribution in [0.15, 0.2) is 41.2 Å². The number of benzene rings is 1. The molecular weight excluding hydrogens is 314 g/mol. The van der Waals surface area contributed by atoms with Gasteiger partial charge in [-0.15, -0.1) is 0 Å². The van der Waals surface area contributed by atoms with Crippen LogP contribution in [0.1, 0.15) is 45.1 Å². The molecule has 0 spiro atoms. The van der Waals surface area contributed by atoms with E-state index in [4.69, 9.17) is 0 Å². The summed E-state index contributed by atoms with van der Waals surface area (Å²) in [5.74, 6) is 1.93. The second kappa shape index (κ2) is 7.01. The van der Waals surface area contributed by atoms with Crippen LogP contribution in [0, 0.1) is 5.92 Å². The molecule has 0 amide bonds. The van der Waals surface area contributed by atoms with E-state index in [1.54, 1.807) is 4.68 Å². The van der Waals surface area contributed by atoms with Gasteiger partial charge in [0.05, 0.1) is 5.69 Å². The molecule has 1 aromatic carbocycles. The predicted octanol–water partition coefficient (Wildman–Crippen LogP) is 3.34. The smallest absolute Gasteiger partial charge is 0.310 e. The van der Waals surface area contributed by atoms with Gasteiger partial charge in [-0.3, -0.25) is 0 Å². The van der Waals surface area contributed by atoms with Crippen molar-refractivity contribution in [1.82, 2.24) is 24.7 Å². The maximum Gasteiger partial charge on any atom is 0.345 e. The highest BCUT2D eigenvalue weighted by molar-refractivity contribution is 5.53. The van der Waals surface area contributed by atoms with Crippen molar-refractivity contribution >= 4 is 0 Å². The van der Waals surface area contributed by atoms with Crippen molar-refractivity contribution in [3.05, 3.63) is 58.4 Å². The third-order valence-electron chi connectivity index (χ3n) is 3.80. The van der Waals surface area contributed by atoms with Crippen molar-refractivity contribution in [3.63, 3.8) is 0 Å². The van der Waals surface area contributed by atoms with Crippen molar-refractivity contribution < 1.29 is 0 Å². The minimum absolute atomic E-state index is 0.181. The molecule has 3 aromatic rings. The Kier molecular flexibility index (Phi) is 4.79. The van der Waals surface area contributed by atoms with E-state index in [0.29, 0.717) is 17.4 Å². The van der Waals surface area contributed by atoms with Crippen molar-refractivity contribution in [2.45, 2.75) is 40.0 Å². The van der Waals surface area contributed by atoms with Crippen molar-refractivity contribution in [3.8, 4) is 17.2 Å². The van der Waals surface area contributed by atoms with Gasteiger partial charge in [-0.25, -0.2) is 14.5 Å². The van der Waals surface area contributed by atoms with Crippen LogP contribution in [-0.2, 0) is 6.42 Å². The number of aromatic nitrogens is 5. The van der Waals surface area contributed by atoms with Gasteiger partial charge in [-0.2, -0.15) is 10.1 Å². The molecule has 0 unspecified atom stereocenters. The molecule has 0 radical (unpaired) electrons. The summed E-state index contributed by atoms with van der Waals surface area (Å²) in [5, 5.41) is 4.63. The molecule has 0 aliphatic heterocycles. The van der Waals surface area contributed by atoms with E-state index in [2.05, 4.69) is 33.9 Å². The van der Waals surface area contributed by atoms with Crippen LogP contribution < -0.4 is 5.69 Å². The van der Waals surface area contributed by atoms with E-state index in [1.165, 1.54) is 0 Å². The van der Waals surface area contributed by atoms with Crippen LogP contribution in [0.5, 0.6) is 0 Å². The van der Waals surface area contributed by atoms with E-state index in [1.807, 2.05) is 50.2 Å². The Labute approximate surface area is 147 Å². The molecule has 3 rings (SSSR count). The average molecular weight is 337 g/mol. The molecular formula is C19H23N5O. The monoisotopic (exact) mass is 337 g/mol. The first-order chi connectivity index (χ1) is 11.9. The molecule has 6 nitrogen and oxygen atoms in total. The summed E-state index contributed by atoms with van der Waals surface area (Å²) in [4.78, 5) is 23.6. The summed E-state index contributed by atoms with van der Waals surface area (Å²) < 4.78 is 1.76. The standard InChI is InChI=1S/C19H23N5O/c1-12(2)10-14-11-16(21-19(25)20-14)18-22-17(13(3)4)23-24(18)15-8-6-5-7-9-15/h5-9,11-13H,10H2,1-4H3,(H,20,21,25). The molecule has 0 aliphatic rings. The maximum absolute atomic E-state index is 12.0. The predicted molar refractivity (Wildman–Crippen MR) is 97.8 cm³/mol. The molecule has 130 valence electrons. The molecule has 0 bridgehead atoms. The zero-order valence-corrected chi connectivity index (χ0v) is 15.0. The molecule has 1 N–H and O–H groups in total. The second-order valence-corrected chi connectivity index (χ2v) is 6.89. The Morgan fingerprint density at radius 3 is 2.44 bits per heavy atom. The average Bonchev–Trinajstić information content (AvgIpc) is 3.00. The molecule has 0 atom stereocenters. The van der Waals surface area contributed by atoms with Crippen LogP contribution in [0.25, 0.3) is 17.2 Å². The minimum atomic E-state index is -0.359. The van der Waals surface area contributed by atoms with E-state index in [0.717, 1.165) is 23.6 Å². The Bertz CT molecular complexity index is 909. The Hall–Kier alpha value is -2.76. The molecule has 0 saturated carbocycles. The summed E-state index contributed by atoms with van der Waals surface area (Å²) in [6.07, 6.45) is 0.779. The number of H-pyrrole nitrogens is 1. The van der Waals surface area contributed by atoms with Gasteiger partial charge >= 0.3 is 5.69 Å². The Morgan fingerprint density at radius 1 is 1.08 bits per heavy atom. The van der Waals surface area contributed by atoms with E-state index < -0.39 is 0 Å². The number of rotatable bonds is 5. The van der Waals surface area contributed by atoms with Crippen molar-refractivity contribution in [2.24, 2.45) is 5.92 Å². The molecule has 0 saturated heterocycles. The van der Waals surface area contributed by atoms with Crippen molar-refractivity contribution in [1.29, 1.82) is 0 Å². The van der Waals surface area contributed by atoms with Gasteiger partial charge in [0, 0.05) is 11.6 Å². The van der Waals surface area contributed by atoms with Crippen LogP contribution >= 0.6 is 0 Å². The lowest BCUT2D eigenvalue weighted by Gasteiger charge is -2.08. The third-order valence-corrected chi connectivity index (χ3v) is 3.80. The lowest BCUT2D eigenvalue weighted by atomic mass is 10.1. The highest BCUT2D eigenvalue weighted by Crippen LogP contribution is 2.22. The normalized spacial score (nSPS) is 11.4. The van der Waals surface area contributed by atoms with Gasteiger partial charge in [0.15, 0.2) is 11.6 Å². The Balaban J connectivity index is 2.16. The molecule has 0 fully saturated rings. The molecule has 2 heterocycles. The van der Waals surface area contributed by atoms with Crippen LogP contribution in [-0.4, -0.2) is 24.7 Å². The zero-order chi connectivity index (χ0) is 18.0. The lowest BCUT2D eigenvalue weighted by molar-refractivity contribution is 0.632. The lowest BCUT2D eigenvalue weighted by Crippen LogP contribution is -2.16. The fourth-order valence-electron chi connectivity index (χ4n) is 2.66. The highest BCUT2D eigenvalue weighted by atomic mass is 16.1. The molecule has 6 heteroatoms. The van der Waals surface area contributed by atoms with Gasteiger partial charge < -0.3 is 4.98 Å². The summed E-state index contributed by atoms with van der Waals surface area (Å²) in [6.45, 7) is 8.32. The molecule has 25 heavy (non-hydrogen) atoms. The summed E-state index contributed by atoms with van der Waals surface area (Å²) in [6, 6.07) is 11.7. The highest BCUT2D eigenvalue weighted by Gasteiger charge is 2.18. The number of aromatic amines is 1. The number of para-hydroxylation sites is 1. The van der Waals surface area contributed by atoms with Gasteiger partial charge in [-0.05, 0) is 30.5 Å². The van der Waals surface area contributed by atoms with Crippen LogP contribution in [0.2, 0.25) is 0 Å². The number of nitrogens with zero attached hydrogens (tertiary/aromatic N) is 4. The fraction of sp³-hybridized carbons (Fsp3) is 0.368. The molecule has 0 aliphatic carbocycles. The Morgan fingerprint density at radius 2 is 1.80 bits per heavy atom. The largest absolute Gasteiger partial charge is 0.345 e. The summed E-state index contributed by atoms with van der Waals surface area (Å²) >= 11 is 0. The van der Waals surface area contributed by atoms with Crippen molar-refractivity contribution in [2.75, 3.05) is 0 Å². The van der Waals surface area contributed by atoms with E-state index in [-0.39, 0.29) is 11.6 Å². The van der Waals surface area contributed by atoms with Crippen LogP contribution in [0.3, 0.4) is 0 Å². The number of hydrogen-bond donors (Lipinski definition) is 1. The van der Waals surface area contributed by atoms with E-state index in [9.17, 15) is 4.79 Å². The minimum Gasteiger partial charge on any atom is -0.310 e. The SMILES string of the molecule is CC(C)Cc1cc(-c2nc(C(C)C)nn2-c2ccccc2)nc(=O)[nH]1. The first kappa shape index (κ1) is 17.1. The van der Waals surface area contributed by atoms with Gasteiger partial charge in [0.1, 0.15) is 5.69 Å². The molecule has 2 aromatic heterocycles. The summed E-state index contributed by atoms with van der Waals surface area (Å²) in [5.41, 5.74) is 1.94. The summed E-state index contributed by atoms with van der Waals surface area (Å²) in [7, 11) is 0. The van der Waals surface area contributed by atoms with Gasteiger partial charge in [0.2, 0.25) is 0 Å². The number of hydrogen-bond acceptors (Lipinski definition) is 4. The first-order valence-corrected chi connectivity index (χ1v) is 8.57. The van der Waals surface area contributed by atoms with Gasteiger partial charge in [0.25, 0.3) is 0 Å². The quantitative estimate of drug-likeness (QED) is 0.774. The van der Waals surface area contributed by atoms with E-state index >= 15 is 0 Å².